The Bertz CT molecular complexity index is 1170. The summed E-state index contributed by atoms with van der Waals surface area (Å²) in [5, 5.41) is 20.9. The van der Waals surface area contributed by atoms with Gasteiger partial charge in [-0.05, 0) is 38.1 Å². The first-order valence-electron chi connectivity index (χ1n) is 10.8. The van der Waals surface area contributed by atoms with Crippen LogP contribution in [0.15, 0.2) is 47.5 Å². The van der Waals surface area contributed by atoms with Crippen LogP contribution in [0.5, 0.6) is 0 Å². The first-order valence-corrected chi connectivity index (χ1v) is 11.1. The molecule has 0 unspecified atom stereocenters. The minimum atomic E-state index is -0.395. The maximum absolute atomic E-state index is 11.5. The fourth-order valence-corrected chi connectivity index (χ4v) is 4.30. The SMILES string of the molecule is CCCN(CCC)Cc1nnc2n1-c1ccc([N+](=O)[O-])cc1C(c1ccccc1Cl)=NC2. The van der Waals surface area contributed by atoms with Crippen molar-refractivity contribution < 1.29 is 4.92 Å². The Balaban J connectivity index is 1.87. The van der Waals surface area contributed by atoms with E-state index in [1.54, 1.807) is 18.2 Å². The van der Waals surface area contributed by atoms with Crippen LogP contribution in [0, 0.1) is 10.1 Å². The normalized spacial score (nSPS) is 12.8. The third-order valence-electron chi connectivity index (χ3n) is 5.44. The Morgan fingerprint density at radius 3 is 2.53 bits per heavy atom. The van der Waals surface area contributed by atoms with Gasteiger partial charge in [0.25, 0.3) is 5.69 Å². The number of aliphatic imine (C=N–C) groups is 1. The summed E-state index contributed by atoms with van der Waals surface area (Å²) in [5.74, 6) is 1.50. The van der Waals surface area contributed by atoms with Crippen molar-refractivity contribution >= 4 is 23.0 Å². The third kappa shape index (κ3) is 4.28. The van der Waals surface area contributed by atoms with E-state index in [0.717, 1.165) is 43.0 Å². The number of hydrogen-bond donors (Lipinski definition) is 0. The third-order valence-corrected chi connectivity index (χ3v) is 5.77. The molecule has 1 aliphatic rings. The summed E-state index contributed by atoms with van der Waals surface area (Å²) < 4.78 is 1.99. The minimum absolute atomic E-state index is 0.000158. The van der Waals surface area contributed by atoms with Gasteiger partial charge in [-0.25, -0.2) is 0 Å². The van der Waals surface area contributed by atoms with Crippen LogP contribution in [-0.4, -0.2) is 43.4 Å². The van der Waals surface area contributed by atoms with Crippen molar-refractivity contribution in [3.05, 3.63) is 80.4 Å². The minimum Gasteiger partial charge on any atom is -0.296 e. The topological polar surface area (TPSA) is 89.5 Å². The summed E-state index contributed by atoms with van der Waals surface area (Å²) >= 11 is 6.48. The van der Waals surface area contributed by atoms with Gasteiger partial charge in [0, 0.05) is 28.3 Å². The van der Waals surface area contributed by atoms with E-state index in [1.165, 1.54) is 6.07 Å². The molecule has 2 heterocycles. The molecule has 0 spiro atoms. The molecule has 0 bridgehead atoms. The van der Waals surface area contributed by atoms with Crippen LogP contribution in [0.1, 0.15) is 49.5 Å². The van der Waals surface area contributed by atoms with Crippen molar-refractivity contribution in [2.75, 3.05) is 13.1 Å². The fraction of sp³-hybridized carbons (Fsp3) is 0.348. The predicted octanol–water partition coefficient (Wildman–Crippen LogP) is 4.80. The van der Waals surface area contributed by atoms with Gasteiger partial charge >= 0.3 is 0 Å². The van der Waals surface area contributed by atoms with E-state index in [2.05, 4.69) is 28.9 Å². The van der Waals surface area contributed by atoms with Gasteiger partial charge in [0.1, 0.15) is 6.54 Å². The number of nitro benzene ring substituents is 1. The second-order valence-corrected chi connectivity index (χ2v) is 8.15. The molecule has 9 heteroatoms. The lowest BCUT2D eigenvalue weighted by atomic mass is 9.99. The lowest BCUT2D eigenvalue weighted by Gasteiger charge is -2.21. The molecule has 1 aliphatic heterocycles. The summed E-state index contributed by atoms with van der Waals surface area (Å²) in [6.07, 6.45) is 2.09. The lowest BCUT2D eigenvalue weighted by Crippen LogP contribution is -2.27. The molecule has 166 valence electrons. The monoisotopic (exact) mass is 452 g/mol. The zero-order chi connectivity index (χ0) is 22.7. The van der Waals surface area contributed by atoms with Crippen molar-refractivity contribution in [1.29, 1.82) is 0 Å². The number of rotatable bonds is 8. The average Bonchev–Trinajstić information content (AvgIpc) is 3.09. The van der Waals surface area contributed by atoms with Crippen LogP contribution < -0.4 is 0 Å². The van der Waals surface area contributed by atoms with E-state index in [-0.39, 0.29) is 5.69 Å². The number of non-ortho nitro benzene ring substituents is 1. The second-order valence-electron chi connectivity index (χ2n) is 7.75. The Morgan fingerprint density at radius 2 is 1.84 bits per heavy atom. The van der Waals surface area contributed by atoms with Crippen LogP contribution in [0.4, 0.5) is 5.69 Å². The molecule has 0 amide bonds. The number of nitro groups is 1. The van der Waals surface area contributed by atoms with Gasteiger partial charge in [-0.2, -0.15) is 0 Å². The molecule has 0 fully saturated rings. The van der Waals surface area contributed by atoms with Crippen molar-refractivity contribution in [2.24, 2.45) is 4.99 Å². The van der Waals surface area contributed by atoms with E-state index in [1.807, 2.05) is 22.8 Å². The quantitative estimate of drug-likeness (QED) is 0.361. The van der Waals surface area contributed by atoms with Crippen LogP contribution in [-0.2, 0) is 13.1 Å². The van der Waals surface area contributed by atoms with E-state index in [9.17, 15) is 10.1 Å². The van der Waals surface area contributed by atoms with Crippen molar-refractivity contribution in [3.8, 4) is 5.69 Å². The van der Waals surface area contributed by atoms with Gasteiger partial charge in [0.15, 0.2) is 11.6 Å². The molecule has 0 radical (unpaired) electrons. The molecular weight excluding hydrogens is 428 g/mol. The highest BCUT2D eigenvalue weighted by molar-refractivity contribution is 6.35. The van der Waals surface area contributed by atoms with Gasteiger partial charge in [-0.1, -0.05) is 43.6 Å². The molecule has 8 nitrogen and oxygen atoms in total. The molecule has 32 heavy (non-hydrogen) atoms. The number of aromatic nitrogens is 3. The molecule has 4 rings (SSSR count). The molecule has 0 atom stereocenters. The van der Waals surface area contributed by atoms with Crippen LogP contribution in [0.2, 0.25) is 5.02 Å². The lowest BCUT2D eigenvalue weighted by molar-refractivity contribution is -0.384. The first-order chi connectivity index (χ1) is 15.5. The van der Waals surface area contributed by atoms with E-state index in [0.29, 0.717) is 35.2 Å². The van der Waals surface area contributed by atoms with Crippen molar-refractivity contribution in [3.63, 3.8) is 0 Å². The van der Waals surface area contributed by atoms with Gasteiger partial charge in [0.05, 0.1) is 22.9 Å². The zero-order valence-electron chi connectivity index (χ0n) is 18.2. The maximum Gasteiger partial charge on any atom is 0.270 e. The number of nitrogens with zero attached hydrogens (tertiary/aromatic N) is 6. The van der Waals surface area contributed by atoms with Crippen LogP contribution in [0.25, 0.3) is 5.69 Å². The van der Waals surface area contributed by atoms with Gasteiger partial charge < -0.3 is 0 Å². The fourth-order valence-electron chi connectivity index (χ4n) is 4.08. The Morgan fingerprint density at radius 1 is 1.09 bits per heavy atom. The van der Waals surface area contributed by atoms with E-state index >= 15 is 0 Å². The Hall–Kier alpha value is -3.10. The predicted molar refractivity (Wildman–Crippen MR) is 125 cm³/mol. The highest BCUT2D eigenvalue weighted by Gasteiger charge is 2.26. The highest BCUT2D eigenvalue weighted by atomic mass is 35.5. The van der Waals surface area contributed by atoms with Crippen molar-refractivity contribution in [2.45, 2.75) is 39.8 Å². The largest absolute Gasteiger partial charge is 0.296 e. The molecule has 3 aromatic rings. The summed E-state index contributed by atoms with van der Waals surface area (Å²) in [5.41, 5.74) is 2.76. The summed E-state index contributed by atoms with van der Waals surface area (Å²) in [4.78, 5) is 18.3. The van der Waals surface area contributed by atoms with Gasteiger partial charge in [-0.15, -0.1) is 10.2 Å². The summed E-state index contributed by atoms with van der Waals surface area (Å²) in [6, 6.07) is 12.2. The summed E-state index contributed by atoms with van der Waals surface area (Å²) in [7, 11) is 0. The number of hydrogen-bond acceptors (Lipinski definition) is 6. The standard InChI is InChI=1S/C23H25ClN6O2/c1-3-11-28(12-4-2)15-22-27-26-21-14-25-23(17-7-5-6-8-19(17)24)18-13-16(30(31)32)9-10-20(18)29(21)22/h5-10,13H,3-4,11-12,14-15H2,1-2H3. The first kappa shape index (κ1) is 22.1. The maximum atomic E-state index is 11.5. The smallest absolute Gasteiger partial charge is 0.270 e. The molecule has 0 N–H and O–H groups in total. The average molecular weight is 453 g/mol. The molecule has 0 aliphatic carbocycles. The van der Waals surface area contributed by atoms with Crippen LogP contribution >= 0.6 is 11.6 Å². The van der Waals surface area contributed by atoms with Crippen molar-refractivity contribution in [1.82, 2.24) is 19.7 Å². The van der Waals surface area contributed by atoms with Gasteiger partial charge in [0.2, 0.25) is 0 Å². The molecule has 0 saturated heterocycles. The molecule has 1 aromatic heterocycles. The zero-order valence-corrected chi connectivity index (χ0v) is 18.9. The molecule has 2 aromatic carbocycles. The Kier molecular flexibility index (Phi) is 6.62. The number of benzene rings is 2. The highest BCUT2D eigenvalue weighted by Crippen LogP contribution is 2.31. The van der Waals surface area contributed by atoms with E-state index in [4.69, 9.17) is 16.6 Å². The molecule has 0 saturated carbocycles. The number of fused-ring (bicyclic) bond motifs is 3. The number of halogens is 1. The second kappa shape index (κ2) is 9.58. The Labute approximate surface area is 191 Å². The molecular formula is C23H25ClN6O2. The summed E-state index contributed by atoms with van der Waals surface area (Å²) in [6.45, 7) is 7.19. The van der Waals surface area contributed by atoms with E-state index < -0.39 is 4.92 Å². The van der Waals surface area contributed by atoms with Crippen LogP contribution in [0.3, 0.4) is 0 Å². The van der Waals surface area contributed by atoms with Gasteiger partial charge in [-0.3, -0.25) is 24.6 Å².